The van der Waals surface area contributed by atoms with Crippen molar-refractivity contribution >= 4 is 11.9 Å². The van der Waals surface area contributed by atoms with Gasteiger partial charge in [-0.3, -0.25) is 4.79 Å². The van der Waals surface area contributed by atoms with Crippen molar-refractivity contribution in [2.24, 2.45) is 5.73 Å². The van der Waals surface area contributed by atoms with E-state index in [4.69, 9.17) is 15.9 Å². The van der Waals surface area contributed by atoms with Gasteiger partial charge in [-0.25, -0.2) is 4.79 Å². The van der Waals surface area contributed by atoms with Crippen LogP contribution in [0.2, 0.25) is 0 Å². The molecular formula is C6H11NO5. The van der Waals surface area contributed by atoms with Gasteiger partial charge in [0, 0.05) is 0 Å². The molecule has 0 amide bonds. The van der Waals surface area contributed by atoms with E-state index in [0.29, 0.717) is 0 Å². The molecule has 4 N–H and O–H groups in total. The fourth-order valence-electron chi connectivity index (χ4n) is 0.426. The summed E-state index contributed by atoms with van der Waals surface area (Å²) in [6.45, 7) is 0.575. The second kappa shape index (κ2) is 4.68. The van der Waals surface area contributed by atoms with E-state index >= 15 is 0 Å². The summed E-state index contributed by atoms with van der Waals surface area (Å²) in [5, 5.41) is 16.9. The summed E-state index contributed by atoms with van der Waals surface area (Å²) in [5.41, 5.74) is 5.13. The van der Waals surface area contributed by atoms with Crippen molar-refractivity contribution in [1.82, 2.24) is 0 Å². The summed E-state index contributed by atoms with van der Waals surface area (Å²) in [6, 6.07) is -1.19. The predicted molar refractivity (Wildman–Crippen MR) is 38.3 cm³/mol. The molecule has 0 saturated carbocycles. The summed E-state index contributed by atoms with van der Waals surface area (Å²) < 4.78 is 4.20. The number of carboxylic acid groups (broad SMARTS) is 1. The van der Waals surface area contributed by atoms with Crippen molar-refractivity contribution in [3.8, 4) is 0 Å². The minimum absolute atomic E-state index is 0.737. The Morgan fingerprint density at radius 3 is 2.42 bits per heavy atom. The third-order valence-corrected chi connectivity index (χ3v) is 1.13. The number of rotatable bonds is 4. The molecule has 6 heteroatoms. The predicted octanol–water partition coefficient (Wildman–Crippen LogP) is -1.68. The highest BCUT2D eigenvalue weighted by atomic mass is 16.6. The van der Waals surface area contributed by atoms with E-state index in [-0.39, 0.29) is 0 Å². The maximum absolute atomic E-state index is 10.7. The van der Waals surface area contributed by atoms with Gasteiger partial charge in [0.2, 0.25) is 0 Å². The Kier molecular flexibility index (Phi) is 4.24. The summed E-state index contributed by atoms with van der Waals surface area (Å²) in [5.74, 6) is -2.19. The third-order valence-electron chi connectivity index (χ3n) is 1.13. The normalized spacial score (nSPS) is 14.9. The second-order valence-corrected chi connectivity index (χ2v) is 2.27. The van der Waals surface area contributed by atoms with E-state index in [1.54, 1.807) is 0 Å². The molecule has 0 radical (unpaired) electrons. The summed E-state index contributed by atoms with van der Waals surface area (Å²) in [4.78, 5) is 20.6. The second-order valence-electron chi connectivity index (χ2n) is 2.27. The lowest BCUT2D eigenvalue weighted by atomic mass is 10.2. The minimum Gasteiger partial charge on any atom is -0.479 e. The average Bonchev–Trinajstić information content (AvgIpc) is 1.98. The number of carbonyl (C=O) groups is 2. The molecule has 0 aliphatic rings. The first-order valence-electron chi connectivity index (χ1n) is 3.27. The highest BCUT2D eigenvalue weighted by Crippen LogP contribution is 1.92. The molecule has 70 valence electrons. The van der Waals surface area contributed by atoms with Gasteiger partial charge < -0.3 is 20.7 Å². The van der Waals surface area contributed by atoms with Gasteiger partial charge in [0.15, 0.2) is 6.61 Å². The maximum atomic E-state index is 10.7. The van der Waals surface area contributed by atoms with Crippen molar-refractivity contribution in [3.63, 3.8) is 0 Å². The van der Waals surface area contributed by atoms with Crippen molar-refractivity contribution in [1.29, 1.82) is 0 Å². The number of hydrogen-bond acceptors (Lipinski definition) is 5. The van der Waals surface area contributed by atoms with Crippen LogP contribution in [0.4, 0.5) is 0 Å². The number of nitrogens with two attached hydrogens (primary N) is 1. The van der Waals surface area contributed by atoms with E-state index < -0.39 is 30.7 Å². The average molecular weight is 177 g/mol. The van der Waals surface area contributed by atoms with E-state index in [2.05, 4.69) is 4.74 Å². The molecule has 0 saturated heterocycles. The molecule has 2 atom stereocenters. The van der Waals surface area contributed by atoms with Crippen molar-refractivity contribution < 1.29 is 24.5 Å². The largest absolute Gasteiger partial charge is 0.479 e. The van der Waals surface area contributed by atoms with E-state index in [1.807, 2.05) is 0 Å². The molecule has 0 rings (SSSR count). The summed E-state index contributed by atoms with van der Waals surface area (Å²) in [6.07, 6.45) is -1.05. The SMILES string of the molecule is CC(O)C(N)C(=O)OCC(=O)O. The molecule has 0 fully saturated rings. The van der Waals surface area contributed by atoms with Gasteiger partial charge in [0.25, 0.3) is 0 Å². The highest BCUT2D eigenvalue weighted by molar-refractivity contribution is 5.79. The Balaban J connectivity index is 3.80. The molecule has 0 aromatic heterocycles. The molecule has 6 nitrogen and oxygen atoms in total. The van der Waals surface area contributed by atoms with Gasteiger partial charge in [0.1, 0.15) is 6.04 Å². The Morgan fingerprint density at radius 2 is 2.08 bits per heavy atom. The van der Waals surface area contributed by atoms with Crippen LogP contribution < -0.4 is 5.73 Å². The quantitative estimate of drug-likeness (QED) is 0.442. The zero-order valence-electron chi connectivity index (χ0n) is 6.56. The lowest BCUT2D eigenvalue weighted by molar-refractivity contribution is -0.157. The topological polar surface area (TPSA) is 110 Å². The Hall–Kier alpha value is -1.14. The first kappa shape index (κ1) is 10.9. The molecule has 12 heavy (non-hydrogen) atoms. The van der Waals surface area contributed by atoms with Crippen LogP contribution in [0, 0.1) is 0 Å². The number of aliphatic carboxylic acids is 1. The van der Waals surface area contributed by atoms with Crippen LogP contribution in [0.25, 0.3) is 0 Å². The van der Waals surface area contributed by atoms with Crippen LogP contribution in [0.15, 0.2) is 0 Å². The zero-order chi connectivity index (χ0) is 9.72. The van der Waals surface area contributed by atoms with Crippen LogP contribution in [-0.4, -0.2) is 40.9 Å². The molecule has 0 aromatic carbocycles. The van der Waals surface area contributed by atoms with Crippen molar-refractivity contribution in [2.45, 2.75) is 19.1 Å². The highest BCUT2D eigenvalue weighted by Gasteiger charge is 2.20. The van der Waals surface area contributed by atoms with Gasteiger partial charge in [-0.1, -0.05) is 0 Å². The van der Waals surface area contributed by atoms with Crippen molar-refractivity contribution in [3.05, 3.63) is 0 Å². The van der Waals surface area contributed by atoms with Crippen LogP contribution >= 0.6 is 0 Å². The van der Waals surface area contributed by atoms with E-state index in [9.17, 15) is 9.59 Å². The molecule has 0 aliphatic heterocycles. The van der Waals surface area contributed by atoms with Crippen LogP contribution in [0.1, 0.15) is 6.92 Å². The number of carboxylic acids is 1. The summed E-state index contributed by atoms with van der Waals surface area (Å²) in [7, 11) is 0. The van der Waals surface area contributed by atoms with Crippen LogP contribution in [0.5, 0.6) is 0 Å². The number of hydrogen-bond donors (Lipinski definition) is 3. The number of ether oxygens (including phenoxy) is 1. The number of carbonyl (C=O) groups excluding carboxylic acids is 1. The minimum atomic E-state index is -1.26. The first-order chi connectivity index (χ1) is 5.45. The fraction of sp³-hybridized carbons (Fsp3) is 0.667. The molecule has 0 aromatic rings. The Labute approximate surface area is 68.9 Å². The lowest BCUT2D eigenvalue weighted by Gasteiger charge is -2.12. The molecule has 0 aliphatic carbocycles. The molecule has 2 unspecified atom stereocenters. The first-order valence-corrected chi connectivity index (χ1v) is 3.27. The van der Waals surface area contributed by atoms with Crippen LogP contribution in [0.3, 0.4) is 0 Å². The van der Waals surface area contributed by atoms with Gasteiger partial charge in [-0.15, -0.1) is 0 Å². The Bertz CT molecular complexity index is 179. The Morgan fingerprint density at radius 1 is 1.58 bits per heavy atom. The summed E-state index contributed by atoms with van der Waals surface area (Å²) >= 11 is 0. The van der Waals surface area contributed by atoms with Gasteiger partial charge in [-0.05, 0) is 6.92 Å². The number of aliphatic hydroxyl groups is 1. The van der Waals surface area contributed by atoms with Gasteiger partial charge in [-0.2, -0.15) is 0 Å². The zero-order valence-corrected chi connectivity index (χ0v) is 6.56. The van der Waals surface area contributed by atoms with Crippen LogP contribution in [-0.2, 0) is 14.3 Å². The molecular weight excluding hydrogens is 166 g/mol. The monoisotopic (exact) mass is 177 g/mol. The van der Waals surface area contributed by atoms with Gasteiger partial charge in [0.05, 0.1) is 6.10 Å². The van der Waals surface area contributed by atoms with Gasteiger partial charge >= 0.3 is 11.9 Å². The van der Waals surface area contributed by atoms with Crippen molar-refractivity contribution in [2.75, 3.05) is 6.61 Å². The smallest absolute Gasteiger partial charge is 0.341 e. The fourth-order valence-corrected chi connectivity index (χ4v) is 0.426. The molecule has 0 spiro atoms. The molecule has 0 bridgehead atoms. The number of esters is 1. The molecule has 0 heterocycles. The number of aliphatic hydroxyl groups excluding tert-OH is 1. The van der Waals surface area contributed by atoms with E-state index in [0.717, 1.165) is 0 Å². The standard InChI is InChI=1S/C6H11NO5/c1-3(8)5(7)6(11)12-2-4(9)10/h3,5,8H,2,7H2,1H3,(H,9,10). The lowest BCUT2D eigenvalue weighted by Crippen LogP contribution is -2.41. The van der Waals surface area contributed by atoms with E-state index in [1.165, 1.54) is 6.92 Å². The maximum Gasteiger partial charge on any atom is 0.341 e. The third kappa shape index (κ3) is 3.89.